The average Bonchev–Trinajstić information content (AvgIpc) is 2.53. The lowest BCUT2D eigenvalue weighted by Crippen LogP contribution is -2.59. The van der Waals surface area contributed by atoms with E-state index in [0.717, 1.165) is 5.52 Å². The van der Waals surface area contributed by atoms with Gasteiger partial charge < -0.3 is 10.2 Å². The molecule has 6 nitrogen and oxygen atoms in total. The lowest BCUT2D eigenvalue weighted by molar-refractivity contribution is -0.129. The molecule has 2 heterocycles. The highest BCUT2D eigenvalue weighted by atomic mass is 16.2. The minimum Gasteiger partial charge on any atom is -0.353 e. The molecule has 1 aromatic heterocycles. The van der Waals surface area contributed by atoms with E-state index in [0.29, 0.717) is 24.2 Å². The second kappa shape index (κ2) is 5.71. The summed E-state index contributed by atoms with van der Waals surface area (Å²) in [5, 5.41) is 2.82. The molecular weight excluding hydrogens is 280 g/mol. The molecule has 3 rings (SSSR count). The van der Waals surface area contributed by atoms with Gasteiger partial charge >= 0.3 is 0 Å². The van der Waals surface area contributed by atoms with Crippen LogP contribution in [0.3, 0.4) is 0 Å². The molecule has 2 aromatic rings. The summed E-state index contributed by atoms with van der Waals surface area (Å²) in [6.07, 6.45) is 3.22. The van der Waals surface area contributed by atoms with Gasteiger partial charge in [-0.2, -0.15) is 0 Å². The van der Waals surface area contributed by atoms with E-state index < -0.39 is 6.04 Å². The number of carbonyl (C=O) groups is 2. The maximum atomic E-state index is 12.8. The fraction of sp³-hybridized carbons (Fsp3) is 0.375. The maximum Gasteiger partial charge on any atom is 0.254 e. The molecule has 0 bridgehead atoms. The van der Waals surface area contributed by atoms with Gasteiger partial charge in [0.2, 0.25) is 5.91 Å². The van der Waals surface area contributed by atoms with Crippen molar-refractivity contribution in [3.63, 3.8) is 0 Å². The summed E-state index contributed by atoms with van der Waals surface area (Å²) in [5.74, 6) is -0.166. The zero-order valence-corrected chi connectivity index (χ0v) is 12.6. The normalized spacial score (nSPS) is 18.6. The number of amides is 2. The number of fused-ring (bicyclic) bond motifs is 1. The van der Waals surface area contributed by atoms with Crippen molar-refractivity contribution in [1.82, 2.24) is 20.2 Å². The lowest BCUT2D eigenvalue weighted by atomic mass is 9.98. The van der Waals surface area contributed by atoms with Crippen molar-refractivity contribution < 1.29 is 9.59 Å². The Morgan fingerprint density at radius 3 is 2.73 bits per heavy atom. The van der Waals surface area contributed by atoms with Crippen LogP contribution in [0.1, 0.15) is 24.2 Å². The molecule has 1 fully saturated rings. The van der Waals surface area contributed by atoms with E-state index in [4.69, 9.17) is 0 Å². The molecule has 2 amide bonds. The van der Waals surface area contributed by atoms with Crippen molar-refractivity contribution >= 4 is 22.8 Å². The van der Waals surface area contributed by atoms with Crippen LogP contribution in [0.5, 0.6) is 0 Å². The number of hydrogen-bond acceptors (Lipinski definition) is 4. The van der Waals surface area contributed by atoms with E-state index in [1.165, 1.54) is 0 Å². The topological polar surface area (TPSA) is 75.2 Å². The molecule has 0 saturated carbocycles. The lowest BCUT2D eigenvalue weighted by Gasteiger charge is -2.37. The Labute approximate surface area is 128 Å². The molecule has 0 aliphatic carbocycles. The number of benzene rings is 1. The Balaban J connectivity index is 1.95. The predicted molar refractivity (Wildman–Crippen MR) is 82.2 cm³/mol. The van der Waals surface area contributed by atoms with Crippen molar-refractivity contribution in [1.29, 1.82) is 0 Å². The Bertz CT molecular complexity index is 729. The second-order valence-corrected chi connectivity index (χ2v) is 5.74. The van der Waals surface area contributed by atoms with Crippen LogP contribution >= 0.6 is 0 Å². The monoisotopic (exact) mass is 298 g/mol. The molecule has 1 saturated heterocycles. The highest BCUT2D eigenvalue weighted by Gasteiger charge is 2.35. The SMILES string of the molecule is CC(C)[C@@H]1C(=O)NCCN1C(=O)c1ccc2nccnc2c1. The van der Waals surface area contributed by atoms with E-state index in [9.17, 15) is 9.59 Å². The van der Waals surface area contributed by atoms with Crippen molar-refractivity contribution in [2.45, 2.75) is 19.9 Å². The van der Waals surface area contributed by atoms with Gasteiger partial charge in [-0.05, 0) is 24.1 Å². The summed E-state index contributed by atoms with van der Waals surface area (Å²) in [7, 11) is 0. The van der Waals surface area contributed by atoms with Crippen LogP contribution < -0.4 is 5.32 Å². The summed E-state index contributed by atoms with van der Waals surface area (Å²) in [5.41, 5.74) is 1.96. The number of rotatable bonds is 2. The summed E-state index contributed by atoms with van der Waals surface area (Å²) >= 11 is 0. The van der Waals surface area contributed by atoms with E-state index in [1.807, 2.05) is 13.8 Å². The van der Waals surface area contributed by atoms with Crippen molar-refractivity contribution in [2.24, 2.45) is 5.92 Å². The first-order chi connectivity index (χ1) is 10.6. The fourth-order valence-electron chi connectivity index (χ4n) is 2.84. The van der Waals surface area contributed by atoms with Crippen LogP contribution in [0.25, 0.3) is 11.0 Å². The highest BCUT2D eigenvalue weighted by molar-refractivity contribution is 6.00. The third kappa shape index (κ3) is 2.52. The van der Waals surface area contributed by atoms with Crippen LogP contribution in [-0.4, -0.2) is 45.8 Å². The van der Waals surface area contributed by atoms with Crippen LogP contribution in [0.2, 0.25) is 0 Å². The quantitative estimate of drug-likeness (QED) is 0.904. The number of carbonyl (C=O) groups excluding carboxylic acids is 2. The minimum absolute atomic E-state index is 0.0597. The first-order valence-electron chi connectivity index (χ1n) is 7.37. The zero-order valence-electron chi connectivity index (χ0n) is 12.6. The van der Waals surface area contributed by atoms with Gasteiger partial charge in [-0.15, -0.1) is 0 Å². The van der Waals surface area contributed by atoms with Crippen molar-refractivity contribution in [2.75, 3.05) is 13.1 Å². The summed E-state index contributed by atoms with van der Waals surface area (Å²) in [6.45, 7) is 4.90. The first-order valence-corrected chi connectivity index (χ1v) is 7.37. The molecular formula is C16H18N4O2. The molecule has 114 valence electrons. The molecule has 0 spiro atoms. The largest absolute Gasteiger partial charge is 0.353 e. The summed E-state index contributed by atoms with van der Waals surface area (Å²) < 4.78 is 0. The van der Waals surface area contributed by atoms with Crippen LogP contribution in [0.15, 0.2) is 30.6 Å². The smallest absolute Gasteiger partial charge is 0.254 e. The Morgan fingerprint density at radius 1 is 1.27 bits per heavy atom. The predicted octanol–water partition coefficient (Wildman–Crippen LogP) is 1.23. The van der Waals surface area contributed by atoms with Gasteiger partial charge in [0.25, 0.3) is 5.91 Å². The van der Waals surface area contributed by atoms with Crippen LogP contribution in [0, 0.1) is 5.92 Å². The van der Waals surface area contributed by atoms with Crippen molar-refractivity contribution in [3.05, 3.63) is 36.2 Å². The highest BCUT2D eigenvalue weighted by Crippen LogP contribution is 2.19. The molecule has 6 heteroatoms. The summed E-state index contributed by atoms with van der Waals surface area (Å²) in [6, 6.07) is 4.82. The van der Waals surface area contributed by atoms with E-state index in [-0.39, 0.29) is 17.7 Å². The molecule has 1 aliphatic heterocycles. The molecule has 1 N–H and O–H groups in total. The van der Waals surface area contributed by atoms with E-state index >= 15 is 0 Å². The first kappa shape index (κ1) is 14.4. The number of aromatic nitrogens is 2. The van der Waals surface area contributed by atoms with Gasteiger partial charge in [0, 0.05) is 31.0 Å². The standard InChI is InChI=1S/C16H18N4O2/c1-10(2)14-15(21)19-7-8-20(14)16(22)11-3-4-12-13(9-11)18-6-5-17-12/h3-6,9-10,14H,7-8H2,1-2H3,(H,19,21)/t14-/m1/s1. The van der Waals surface area contributed by atoms with Crippen molar-refractivity contribution in [3.8, 4) is 0 Å². The van der Waals surface area contributed by atoms with Gasteiger partial charge in [0.15, 0.2) is 0 Å². The average molecular weight is 298 g/mol. The van der Waals surface area contributed by atoms with Gasteiger partial charge in [0.05, 0.1) is 11.0 Å². The molecule has 1 atom stereocenters. The van der Waals surface area contributed by atoms with E-state index in [2.05, 4.69) is 15.3 Å². The van der Waals surface area contributed by atoms with Crippen LogP contribution in [0.4, 0.5) is 0 Å². The van der Waals surface area contributed by atoms with E-state index in [1.54, 1.807) is 35.5 Å². The minimum atomic E-state index is -0.432. The number of hydrogen-bond donors (Lipinski definition) is 1. The number of nitrogens with one attached hydrogen (secondary N) is 1. The Kier molecular flexibility index (Phi) is 3.75. The molecule has 1 aromatic carbocycles. The fourth-order valence-corrected chi connectivity index (χ4v) is 2.84. The maximum absolute atomic E-state index is 12.8. The molecule has 0 radical (unpaired) electrons. The number of piperazine rings is 1. The third-order valence-corrected chi connectivity index (χ3v) is 3.86. The number of nitrogens with zero attached hydrogens (tertiary/aromatic N) is 3. The summed E-state index contributed by atoms with van der Waals surface area (Å²) in [4.78, 5) is 34.9. The van der Waals surface area contributed by atoms with Gasteiger partial charge in [-0.3, -0.25) is 19.6 Å². The van der Waals surface area contributed by atoms with Gasteiger partial charge in [0.1, 0.15) is 6.04 Å². The second-order valence-electron chi connectivity index (χ2n) is 5.74. The third-order valence-electron chi connectivity index (χ3n) is 3.86. The Morgan fingerprint density at radius 2 is 2.00 bits per heavy atom. The Hall–Kier alpha value is -2.50. The zero-order chi connectivity index (χ0) is 15.7. The van der Waals surface area contributed by atoms with Gasteiger partial charge in [-0.1, -0.05) is 13.8 Å². The molecule has 22 heavy (non-hydrogen) atoms. The van der Waals surface area contributed by atoms with Crippen LogP contribution in [-0.2, 0) is 4.79 Å². The molecule has 1 aliphatic rings. The van der Waals surface area contributed by atoms with Gasteiger partial charge in [-0.25, -0.2) is 0 Å². The molecule has 0 unspecified atom stereocenters.